The lowest BCUT2D eigenvalue weighted by Crippen LogP contribution is -2.47. The van der Waals surface area contributed by atoms with Crippen LogP contribution >= 0.6 is 15.9 Å². The molecule has 0 heterocycles. The minimum atomic E-state index is -2.44. The van der Waals surface area contributed by atoms with E-state index in [-0.39, 0.29) is 77.6 Å². The number of carbonyl (C=O) groups excluding carboxylic acids is 4. The third-order valence-electron chi connectivity index (χ3n) is 9.77. The molecule has 0 saturated heterocycles. The summed E-state index contributed by atoms with van der Waals surface area (Å²) in [6.07, 6.45) is 2.01. The Morgan fingerprint density at radius 3 is 1.87 bits per heavy atom. The van der Waals surface area contributed by atoms with Gasteiger partial charge in [0.2, 0.25) is 5.60 Å². The van der Waals surface area contributed by atoms with E-state index in [4.69, 9.17) is 18.9 Å². The molecule has 0 radical (unpaired) electrons. The van der Waals surface area contributed by atoms with Crippen molar-refractivity contribution < 1.29 is 62.6 Å². The van der Waals surface area contributed by atoms with Gasteiger partial charge in [-0.1, -0.05) is 0 Å². The van der Waals surface area contributed by atoms with Crippen molar-refractivity contribution in [3.63, 3.8) is 0 Å². The van der Waals surface area contributed by atoms with Crippen molar-refractivity contribution in [2.45, 2.75) is 74.6 Å². The summed E-state index contributed by atoms with van der Waals surface area (Å²) in [5.41, 5.74) is -0.538. The second kappa shape index (κ2) is 15.0. The number of aliphatic hydroxyl groups is 1. The number of methoxy groups -OCH3 is 1. The number of hydrogen-bond acceptors (Lipinski definition) is 11. The molecule has 1 atom stereocenters. The Morgan fingerprint density at radius 1 is 0.755 bits per heavy atom. The van der Waals surface area contributed by atoms with E-state index in [9.17, 15) is 43.7 Å². The largest absolute Gasteiger partial charge is 0.506 e. The van der Waals surface area contributed by atoms with Gasteiger partial charge >= 0.3 is 23.9 Å². The molecule has 12 nitrogen and oxygen atoms in total. The Labute approximate surface area is 313 Å². The highest BCUT2D eigenvalue weighted by Crippen LogP contribution is 2.44. The van der Waals surface area contributed by atoms with E-state index in [1.165, 1.54) is 47.8 Å². The first-order valence-electron chi connectivity index (χ1n) is 16.1. The number of carbonyl (C=O) groups is 5. The Kier molecular flexibility index (Phi) is 11.4. The Balaban J connectivity index is 1.67. The maximum absolute atomic E-state index is 14.0. The number of aryl methyl sites for hydroxylation is 1. The summed E-state index contributed by atoms with van der Waals surface area (Å²) in [4.78, 5) is 64.4. The lowest BCUT2D eigenvalue weighted by molar-refractivity contribution is -0.151. The third kappa shape index (κ3) is 6.84. The van der Waals surface area contributed by atoms with Gasteiger partial charge in [-0.05, 0) is 140 Å². The first kappa shape index (κ1) is 40.4. The van der Waals surface area contributed by atoms with Gasteiger partial charge < -0.3 is 34.3 Å². The summed E-state index contributed by atoms with van der Waals surface area (Å²) < 4.78 is 35.9. The molecule has 0 bridgehead atoms. The fourth-order valence-electron chi connectivity index (χ4n) is 6.27. The predicted octanol–water partition coefficient (Wildman–Crippen LogP) is 6.92. The van der Waals surface area contributed by atoms with E-state index >= 15 is 0 Å². The number of carboxylic acids is 1. The molecular weight excluding hydrogens is 759 g/mol. The quantitative estimate of drug-likeness (QED) is 0.150. The van der Waals surface area contributed by atoms with Crippen LogP contribution in [0.15, 0.2) is 34.0 Å². The van der Waals surface area contributed by atoms with Crippen LogP contribution in [-0.4, -0.2) is 57.7 Å². The summed E-state index contributed by atoms with van der Waals surface area (Å²) in [6.45, 7) is 12.7. The van der Waals surface area contributed by atoms with Crippen molar-refractivity contribution in [2.75, 3.05) is 7.11 Å². The van der Waals surface area contributed by atoms with Crippen LogP contribution in [-0.2, 0) is 21.0 Å². The van der Waals surface area contributed by atoms with Crippen molar-refractivity contribution in [3.05, 3.63) is 101 Å². The normalized spacial score (nSPS) is 15.4. The standard InChI is InChI=1S/C39H38BrFO12/c1-15-11-26(17(3)18(4)28(15)36(46)52-33-21(7)19(5)29(35(44)45)25(14-41)23(33)9)51-37(47)30-20(6)22(8)34(31(40)32(30)43)53-38(48)39(49)16(2)12-24(42)13-27(39)50-10/h11-13,43,49H,14H2,1-10H3,(H,44,45)/t39-/m1/s1. The zero-order valence-electron chi connectivity index (χ0n) is 30.7. The number of benzene rings is 3. The SMILES string of the molecule is COC1=CC(=O)C=C(C)[C@]1(O)C(=O)Oc1c(C)c(C)c(C(=O)Oc2cc(C)c(C(=O)Oc3c(C)c(C)c(C(=O)O)c(CF)c3C)c(C)c2C)c(O)c1Br. The van der Waals surface area contributed by atoms with Gasteiger partial charge in [-0.25, -0.2) is 23.6 Å². The molecule has 4 rings (SSSR count). The lowest BCUT2D eigenvalue weighted by atomic mass is 9.87. The van der Waals surface area contributed by atoms with Crippen LogP contribution in [0.1, 0.15) is 88.1 Å². The van der Waals surface area contributed by atoms with Crippen LogP contribution in [0, 0.1) is 55.4 Å². The zero-order valence-corrected chi connectivity index (χ0v) is 32.3. The molecule has 14 heteroatoms. The number of allylic oxidation sites excluding steroid dienone is 2. The number of rotatable bonds is 9. The number of phenolic OH excluding ortho intramolecular Hbond substituents is 1. The highest BCUT2D eigenvalue weighted by molar-refractivity contribution is 9.10. The minimum absolute atomic E-state index is 0.0448. The van der Waals surface area contributed by atoms with Crippen LogP contribution in [0.2, 0.25) is 0 Å². The number of halogens is 2. The third-order valence-corrected chi connectivity index (χ3v) is 10.5. The summed E-state index contributed by atoms with van der Waals surface area (Å²) in [5.74, 6) is -5.89. The Hall–Kier alpha value is -5.34. The molecule has 0 fully saturated rings. The van der Waals surface area contributed by atoms with Gasteiger partial charge in [-0.3, -0.25) is 4.79 Å². The van der Waals surface area contributed by atoms with Crippen LogP contribution in [0.5, 0.6) is 23.0 Å². The molecule has 3 aromatic rings. The van der Waals surface area contributed by atoms with Crippen molar-refractivity contribution in [3.8, 4) is 23.0 Å². The number of carboxylic acid groups (broad SMARTS) is 1. The average Bonchev–Trinajstić information content (AvgIpc) is 3.09. The molecule has 53 heavy (non-hydrogen) atoms. The lowest BCUT2D eigenvalue weighted by Gasteiger charge is -2.30. The number of aromatic hydroxyl groups is 1. The molecule has 1 aliphatic carbocycles. The molecule has 0 saturated carbocycles. The fraction of sp³-hybridized carbons (Fsp3) is 0.308. The summed E-state index contributed by atoms with van der Waals surface area (Å²) in [6, 6.07) is 1.44. The van der Waals surface area contributed by atoms with E-state index in [0.29, 0.717) is 22.3 Å². The number of aromatic carboxylic acids is 1. The number of ether oxygens (including phenoxy) is 4. The maximum Gasteiger partial charge on any atom is 0.356 e. The number of phenols is 1. The van der Waals surface area contributed by atoms with Gasteiger partial charge in [0.1, 0.15) is 39.7 Å². The van der Waals surface area contributed by atoms with E-state index in [1.54, 1.807) is 27.7 Å². The van der Waals surface area contributed by atoms with Gasteiger partial charge in [0, 0.05) is 11.6 Å². The summed E-state index contributed by atoms with van der Waals surface area (Å²) in [5, 5.41) is 32.1. The van der Waals surface area contributed by atoms with E-state index in [2.05, 4.69) is 15.9 Å². The molecule has 280 valence electrons. The Morgan fingerprint density at radius 2 is 1.30 bits per heavy atom. The molecule has 3 N–H and O–H groups in total. The number of esters is 3. The van der Waals surface area contributed by atoms with Crippen LogP contribution in [0.25, 0.3) is 0 Å². The molecule has 0 aromatic heterocycles. The van der Waals surface area contributed by atoms with Crippen LogP contribution in [0.3, 0.4) is 0 Å². The molecule has 3 aromatic carbocycles. The maximum atomic E-state index is 14.0. The number of ketones is 1. The first-order chi connectivity index (χ1) is 24.6. The molecule has 0 amide bonds. The molecule has 0 spiro atoms. The summed E-state index contributed by atoms with van der Waals surface area (Å²) >= 11 is 3.19. The van der Waals surface area contributed by atoms with Gasteiger partial charge in [0.15, 0.2) is 11.5 Å². The van der Waals surface area contributed by atoms with Gasteiger partial charge in [0.05, 0.1) is 18.2 Å². The topological polar surface area (TPSA) is 183 Å². The van der Waals surface area contributed by atoms with Crippen molar-refractivity contribution in [1.82, 2.24) is 0 Å². The molecular formula is C39H38BrFO12. The van der Waals surface area contributed by atoms with Crippen LogP contribution in [0.4, 0.5) is 4.39 Å². The second-order valence-electron chi connectivity index (χ2n) is 12.8. The van der Waals surface area contributed by atoms with Crippen molar-refractivity contribution >= 4 is 45.6 Å². The van der Waals surface area contributed by atoms with E-state index in [0.717, 1.165) is 12.2 Å². The minimum Gasteiger partial charge on any atom is -0.506 e. The average molecular weight is 798 g/mol. The first-order valence-corrected chi connectivity index (χ1v) is 16.9. The monoisotopic (exact) mass is 796 g/mol. The summed E-state index contributed by atoms with van der Waals surface area (Å²) in [7, 11) is 1.18. The van der Waals surface area contributed by atoms with E-state index < -0.39 is 47.7 Å². The fourth-order valence-corrected chi connectivity index (χ4v) is 6.85. The van der Waals surface area contributed by atoms with Gasteiger partial charge in [-0.2, -0.15) is 0 Å². The highest BCUT2D eigenvalue weighted by Gasteiger charge is 2.48. The predicted molar refractivity (Wildman–Crippen MR) is 193 cm³/mol. The van der Waals surface area contributed by atoms with Gasteiger partial charge in [0.25, 0.3) is 0 Å². The smallest absolute Gasteiger partial charge is 0.356 e. The molecule has 0 aliphatic heterocycles. The van der Waals surface area contributed by atoms with Gasteiger partial charge in [-0.15, -0.1) is 0 Å². The van der Waals surface area contributed by atoms with Crippen LogP contribution < -0.4 is 14.2 Å². The van der Waals surface area contributed by atoms with E-state index in [1.807, 2.05) is 0 Å². The number of hydrogen-bond donors (Lipinski definition) is 3. The highest BCUT2D eigenvalue weighted by atomic mass is 79.9. The second-order valence-corrected chi connectivity index (χ2v) is 13.5. The molecule has 0 unspecified atom stereocenters. The Bertz CT molecular complexity index is 2190. The van der Waals surface area contributed by atoms with Crippen molar-refractivity contribution in [1.29, 1.82) is 0 Å². The molecule has 1 aliphatic rings. The van der Waals surface area contributed by atoms with Crippen molar-refractivity contribution in [2.24, 2.45) is 0 Å². The zero-order chi connectivity index (χ0) is 40.0. The number of alkyl halides is 1.